The molecule has 1 N–H and O–H groups in total. The molecule has 0 aromatic rings. The second-order valence-corrected chi connectivity index (χ2v) is 8.31. The molecule has 4 heteroatoms. The zero-order valence-electron chi connectivity index (χ0n) is 14.9. The Morgan fingerprint density at radius 2 is 1.88 bits per heavy atom. The van der Waals surface area contributed by atoms with Crippen LogP contribution in [0, 0.1) is 22.7 Å². The van der Waals surface area contributed by atoms with Crippen molar-refractivity contribution < 1.29 is 19.5 Å². The maximum absolute atomic E-state index is 12.9. The largest absolute Gasteiger partial charge is 0.395 e. The third-order valence-electron chi connectivity index (χ3n) is 6.62. The molecule has 4 nitrogen and oxygen atoms in total. The van der Waals surface area contributed by atoms with E-state index in [1.165, 1.54) is 6.08 Å². The summed E-state index contributed by atoms with van der Waals surface area (Å²) in [5.74, 6) is -0.0704. The van der Waals surface area contributed by atoms with E-state index in [4.69, 9.17) is 0 Å². The van der Waals surface area contributed by atoms with E-state index in [-0.39, 0.29) is 35.8 Å². The van der Waals surface area contributed by atoms with Gasteiger partial charge in [-0.25, -0.2) is 0 Å². The zero-order valence-corrected chi connectivity index (χ0v) is 14.9. The molecule has 24 heavy (non-hydrogen) atoms. The maximum Gasteiger partial charge on any atom is 0.185 e. The van der Waals surface area contributed by atoms with Gasteiger partial charge in [0.2, 0.25) is 0 Å². The first kappa shape index (κ1) is 17.3. The van der Waals surface area contributed by atoms with Crippen molar-refractivity contribution in [3.05, 3.63) is 22.8 Å². The molecule has 0 aromatic carbocycles. The minimum absolute atomic E-state index is 0.00174. The summed E-state index contributed by atoms with van der Waals surface area (Å²) in [6, 6.07) is 0. The van der Waals surface area contributed by atoms with Crippen LogP contribution in [0.5, 0.6) is 0 Å². The first-order valence-corrected chi connectivity index (χ1v) is 8.85. The topological polar surface area (TPSA) is 71.4 Å². The van der Waals surface area contributed by atoms with Crippen LogP contribution in [-0.2, 0) is 14.4 Å². The highest BCUT2D eigenvalue weighted by Gasteiger charge is 2.58. The second-order valence-electron chi connectivity index (χ2n) is 8.31. The van der Waals surface area contributed by atoms with Gasteiger partial charge in [0.05, 0.1) is 12.0 Å². The Labute approximate surface area is 143 Å². The van der Waals surface area contributed by atoms with Gasteiger partial charge in [0, 0.05) is 28.6 Å². The van der Waals surface area contributed by atoms with Crippen molar-refractivity contribution in [2.75, 3.05) is 6.61 Å². The summed E-state index contributed by atoms with van der Waals surface area (Å²) in [6.45, 7) is 7.47. The first-order chi connectivity index (χ1) is 11.2. The highest BCUT2D eigenvalue weighted by Crippen LogP contribution is 2.59. The predicted molar refractivity (Wildman–Crippen MR) is 90.2 cm³/mol. The number of hydrogen-bond acceptors (Lipinski definition) is 4. The van der Waals surface area contributed by atoms with Crippen LogP contribution in [0.3, 0.4) is 0 Å². The fourth-order valence-electron chi connectivity index (χ4n) is 5.16. The minimum Gasteiger partial charge on any atom is -0.395 e. The molecular formula is C20H26O4. The number of allylic oxidation sites excluding steroid dienone is 4. The van der Waals surface area contributed by atoms with Gasteiger partial charge in [-0.05, 0) is 37.2 Å². The lowest BCUT2D eigenvalue weighted by molar-refractivity contribution is -0.146. The quantitative estimate of drug-likeness (QED) is 0.790. The number of hydrogen-bond donors (Lipinski definition) is 1. The summed E-state index contributed by atoms with van der Waals surface area (Å²) < 4.78 is 0. The Bertz CT molecular complexity index is 696. The number of carbonyl (C=O) groups is 3. The van der Waals surface area contributed by atoms with Gasteiger partial charge in [0.15, 0.2) is 11.6 Å². The van der Waals surface area contributed by atoms with Crippen LogP contribution >= 0.6 is 0 Å². The van der Waals surface area contributed by atoms with Crippen LogP contribution in [0.1, 0.15) is 53.4 Å². The van der Waals surface area contributed by atoms with E-state index in [2.05, 4.69) is 0 Å². The molecule has 3 aliphatic rings. The lowest BCUT2D eigenvalue weighted by Crippen LogP contribution is -2.55. The number of rotatable bonds is 2. The fraction of sp³-hybridized carbons (Fsp3) is 0.650. The maximum atomic E-state index is 12.9. The van der Waals surface area contributed by atoms with Gasteiger partial charge in [-0.1, -0.05) is 27.7 Å². The van der Waals surface area contributed by atoms with Crippen molar-refractivity contribution in [3.8, 4) is 0 Å². The molecule has 0 aliphatic heterocycles. The first-order valence-electron chi connectivity index (χ1n) is 8.85. The van der Waals surface area contributed by atoms with Crippen LogP contribution in [0.15, 0.2) is 22.8 Å². The number of fused-ring (bicyclic) bond motifs is 2. The Balaban J connectivity index is 2.12. The summed E-state index contributed by atoms with van der Waals surface area (Å²) >= 11 is 0. The molecule has 130 valence electrons. The van der Waals surface area contributed by atoms with Crippen molar-refractivity contribution in [2.45, 2.75) is 53.4 Å². The Kier molecular flexibility index (Phi) is 3.95. The van der Waals surface area contributed by atoms with Crippen molar-refractivity contribution in [1.29, 1.82) is 0 Å². The zero-order chi connectivity index (χ0) is 17.9. The average molecular weight is 330 g/mol. The molecule has 3 atom stereocenters. The van der Waals surface area contributed by atoms with Gasteiger partial charge in [0.1, 0.15) is 5.78 Å². The lowest BCUT2D eigenvalue weighted by Gasteiger charge is -2.54. The number of carbonyl (C=O) groups excluding carboxylic acids is 3. The van der Waals surface area contributed by atoms with Crippen LogP contribution in [-0.4, -0.2) is 29.1 Å². The molecule has 0 radical (unpaired) electrons. The molecule has 0 amide bonds. The molecule has 3 unspecified atom stereocenters. The number of aliphatic hydroxyl groups excluding tert-OH is 1. The number of Topliss-reactive ketones (excluding diaryl/α,β-unsaturated/α-hetero) is 2. The molecule has 0 bridgehead atoms. The van der Waals surface area contributed by atoms with E-state index in [1.54, 1.807) is 0 Å². The monoisotopic (exact) mass is 330 g/mol. The van der Waals surface area contributed by atoms with Crippen molar-refractivity contribution >= 4 is 17.3 Å². The van der Waals surface area contributed by atoms with E-state index in [9.17, 15) is 19.5 Å². The number of aliphatic hydroxyl groups is 1. The normalized spacial score (nSPS) is 36.7. The Morgan fingerprint density at radius 3 is 2.46 bits per heavy atom. The van der Waals surface area contributed by atoms with Crippen LogP contribution < -0.4 is 0 Å². The molecule has 3 rings (SSSR count). The molecule has 0 saturated heterocycles. The van der Waals surface area contributed by atoms with Gasteiger partial charge in [-0.2, -0.15) is 0 Å². The van der Waals surface area contributed by atoms with E-state index in [0.29, 0.717) is 42.4 Å². The fourth-order valence-corrected chi connectivity index (χ4v) is 5.16. The third-order valence-corrected chi connectivity index (χ3v) is 6.62. The van der Waals surface area contributed by atoms with Crippen LogP contribution in [0.4, 0.5) is 0 Å². The van der Waals surface area contributed by atoms with E-state index in [1.807, 2.05) is 27.7 Å². The van der Waals surface area contributed by atoms with Crippen molar-refractivity contribution in [3.63, 3.8) is 0 Å². The molecule has 1 saturated carbocycles. The molecule has 0 spiro atoms. The van der Waals surface area contributed by atoms with Crippen LogP contribution in [0.2, 0.25) is 0 Å². The summed E-state index contributed by atoms with van der Waals surface area (Å²) in [7, 11) is 0. The van der Waals surface area contributed by atoms with E-state index in [0.717, 1.165) is 0 Å². The van der Waals surface area contributed by atoms with Gasteiger partial charge in [-0.15, -0.1) is 0 Å². The molecule has 3 aliphatic carbocycles. The van der Waals surface area contributed by atoms with Crippen molar-refractivity contribution in [2.24, 2.45) is 22.7 Å². The molecule has 1 fully saturated rings. The SMILES string of the molecule is CC(C)C1=CC(=O)C2=C(CCC3C(C)(CO)C(=O)CCC23C)C1=O. The predicted octanol–water partition coefficient (Wildman–Crippen LogP) is 2.80. The number of ketones is 3. The van der Waals surface area contributed by atoms with Gasteiger partial charge in [-0.3, -0.25) is 14.4 Å². The van der Waals surface area contributed by atoms with E-state index >= 15 is 0 Å². The smallest absolute Gasteiger partial charge is 0.185 e. The molecule has 0 aromatic heterocycles. The lowest BCUT2D eigenvalue weighted by atomic mass is 9.48. The Morgan fingerprint density at radius 1 is 1.21 bits per heavy atom. The van der Waals surface area contributed by atoms with Gasteiger partial charge >= 0.3 is 0 Å². The van der Waals surface area contributed by atoms with Gasteiger partial charge in [0.25, 0.3) is 0 Å². The standard InChI is InChI=1S/C20H26O4/c1-11(2)13-9-14(22)17-12(18(13)24)5-6-15-19(17,3)8-7-16(23)20(15,4)10-21/h9,11,15,21H,5-8,10H2,1-4H3. The second kappa shape index (κ2) is 5.48. The van der Waals surface area contributed by atoms with E-state index < -0.39 is 10.8 Å². The third kappa shape index (κ3) is 2.12. The van der Waals surface area contributed by atoms with Crippen LogP contribution in [0.25, 0.3) is 0 Å². The molecular weight excluding hydrogens is 304 g/mol. The van der Waals surface area contributed by atoms with Gasteiger partial charge < -0.3 is 5.11 Å². The minimum atomic E-state index is -0.823. The Hall–Kier alpha value is -1.55. The summed E-state index contributed by atoms with van der Waals surface area (Å²) in [6.07, 6.45) is 3.62. The molecule has 0 heterocycles. The summed E-state index contributed by atoms with van der Waals surface area (Å²) in [5, 5.41) is 9.90. The average Bonchev–Trinajstić information content (AvgIpc) is 2.53. The highest BCUT2D eigenvalue weighted by atomic mass is 16.3. The van der Waals surface area contributed by atoms with Crippen molar-refractivity contribution in [1.82, 2.24) is 0 Å². The highest BCUT2D eigenvalue weighted by molar-refractivity contribution is 6.23. The summed E-state index contributed by atoms with van der Waals surface area (Å²) in [4.78, 5) is 38.2. The summed E-state index contributed by atoms with van der Waals surface area (Å²) in [5.41, 5.74) is 0.527.